The third kappa shape index (κ3) is 2.49. The van der Waals surface area contributed by atoms with Gasteiger partial charge in [0.05, 0.1) is 11.1 Å². The van der Waals surface area contributed by atoms with Gasteiger partial charge in [0.1, 0.15) is 11.4 Å². The van der Waals surface area contributed by atoms with Gasteiger partial charge in [0.25, 0.3) is 0 Å². The Hall–Kier alpha value is -3.66. The van der Waals surface area contributed by atoms with Crippen LogP contribution in [-0.2, 0) is 5.41 Å². The van der Waals surface area contributed by atoms with Crippen LogP contribution < -0.4 is 10.1 Å². The monoisotopic (exact) mass is 419 g/mol. The predicted octanol–water partition coefficient (Wildman–Crippen LogP) is 6.60. The summed E-state index contributed by atoms with van der Waals surface area (Å²) in [5.74, 6) is 0.834. The van der Waals surface area contributed by atoms with Crippen molar-refractivity contribution in [1.29, 1.82) is 0 Å². The van der Waals surface area contributed by atoms with Gasteiger partial charge in [0.15, 0.2) is 0 Å². The quantitative estimate of drug-likeness (QED) is 0.398. The maximum atomic E-state index is 6.97. The molecule has 0 amide bonds. The number of anilines is 1. The second kappa shape index (κ2) is 6.67. The van der Waals surface area contributed by atoms with Crippen LogP contribution in [0.2, 0.25) is 0 Å². The minimum absolute atomic E-state index is 0.0531. The molecule has 6 rings (SSSR count). The van der Waals surface area contributed by atoms with Crippen molar-refractivity contribution >= 4 is 27.9 Å². The molecule has 32 heavy (non-hydrogen) atoms. The molecule has 1 spiro atoms. The molecule has 4 nitrogen and oxygen atoms in total. The molecule has 2 aliphatic rings. The topological polar surface area (TPSA) is 46.5 Å². The van der Waals surface area contributed by atoms with Crippen LogP contribution in [0.4, 0.5) is 11.4 Å². The lowest BCUT2D eigenvalue weighted by Crippen LogP contribution is -2.62. The Kier molecular flexibility index (Phi) is 3.97. The molecule has 0 fully saturated rings. The molecule has 1 N–H and O–H groups in total. The van der Waals surface area contributed by atoms with E-state index in [1.807, 2.05) is 30.6 Å². The highest BCUT2D eigenvalue weighted by molar-refractivity contribution is 6.09. The van der Waals surface area contributed by atoms with Crippen molar-refractivity contribution in [3.63, 3.8) is 0 Å². The van der Waals surface area contributed by atoms with Crippen molar-refractivity contribution in [1.82, 2.24) is 4.98 Å². The summed E-state index contributed by atoms with van der Waals surface area (Å²) in [5, 5.41) is 5.87. The normalized spacial score (nSPS) is 21.3. The van der Waals surface area contributed by atoms with Crippen molar-refractivity contribution in [2.24, 2.45) is 4.99 Å². The zero-order chi connectivity index (χ0) is 21.9. The van der Waals surface area contributed by atoms with Gasteiger partial charge in [0, 0.05) is 29.4 Å². The van der Waals surface area contributed by atoms with E-state index in [9.17, 15) is 0 Å². The first-order valence-corrected chi connectivity index (χ1v) is 11.1. The highest BCUT2D eigenvalue weighted by atomic mass is 16.5. The Morgan fingerprint density at radius 2 is 1.69 bits per heavy atom. The second-order valence-electron chi connectivity index (χ2n) is 9.22. The molecule has 4 heteroatoms. The summed E-state index contributed by atoms with van der Waals surface area (Å²) in [5.41, 5.74) is 4.24. The molecule has 0 bridgehead atoms. The van der Waals surface area contributed by atoms with Gasteiger partial charge in [-0.15, -0.1) is 0 Å². The van der Waals surface area contributed by atoms with E-state index < -0.39 is 5.72 Å². The van der Waals surface area contributed by atoms with Crippen LogP contribution in [0, 0.1) is 0 Å². The number of aliphatic imine (C=N–C) groups is 1. The number of aromatic nitrogens is 1. The number of pyridine rings is 1. The molecular formula is C28H25N3O. The minimum Gasteiger partial charge on any atom is -0.459 e. The molecular weight excluding hydrogens is 394 g/mol. The molecule has 0 radical (unpaired) electrons. The molecule has 0 saturated heterocycles. The lowest BCUT2D eigenvalue weighted by Gasteiger charge is -2.46. The van der Waals surface area contributed by atoms with Gasteiger partial charge in [0.2, 0.25) is 5.72 Å². The summed E-state index contributed by atoms with van der Waals surface area (Å²) >= 11 is 0. The fourth-order valence-electron chi connectivity index (χ4n) is 5.25. The highest BCUT2D eigenvalue weighted by Crippen LogP contribution is 2.54. The van der Waals surface area contributed by atoms with Crippen LogP contribution in [0.1, 0.15) is 37.8 Å². The minimum atomic E-state index is -0.797. The van der Waals surface area contributed by atoms with E-state index in [-0.39, 0.29) is 11.3 Å². The van der Waals surface area contributed by atoms with E-state index in [4.69, 9.17) is 9.73 Å². The fourth-order valence-corrected chi connectivity index (χ4v) is 5.25. The second-order valence-corrected chi connectivity index (χ2v) is 9.22. The van der Waals surface area contributed by atoms with Gasteiger partial charge in [-0.25, -0.2) is 4.99 Å². The highest BCUT2D eigenvalue weighted by Gasteiger charge is 2.60. The van der Waals surface area contributed by atoms with Crippen LogP contribution in [-0.4, -0.2) is 16.4 Å². The third-order valence-corrected chi connectivity index (χ3v) is 7.11. The van der Waals surface area contributed by atoms with E-state index in [1.54, 1.807) is 0 Å². The zero-order valence-electron chi connectivity index (χ0n) is 18.5. The fraction of sp³-hybridized carbons (Fsp3) is 0.214. The number of ether oxygens (including phenoxy) is 1. The molecule has 0 saturated carbocycles. The first-order valence-electron chi connectivity index (χ1n) is 11.1. The number of rotatable bonds is 2. The summed E-state index contributed by atoms with van der Waals surface area (Å²) in [4.78, 5) is 9.71. The van der Waals surface area contributed by atoms with E-state index in [0.717, 1.165) is 33.6 Å². The Morgan fingerprint density at radius 3 is 2.50 bits per heavy atom. The zero-order valence-corrected chi connectivity index (χ0v) is 18.5. The van der Waals surface area contributed by atoms with Crippen molar-refractivity contribution in [3.8, 4) is 5.75 Å². The van der Waals surface area contributed by atoms with E-state index in [2.05, 4.69) is 85.7 Å². The maximum absolute atomic E-state index is 6.97. The van der Waals surface area contributed by atoms with Crippen molar-refractivity contribution in [2.75, 3.05) is 5.32 Å². The number of benzene rings is 3. The molecule has 3 heterocycles. The molecule has 1 aromatic heterocycles. The largest absolute Gasteiger partial charge is 0.459 e. The Balaban J connectivity index is 1.63. The van der Waals surface area contributed by atoms with E-state index in [0.29, 0.717) is 0 Å². The predicted molar refractivity (Wildman–Crippen MR) is 130 cm³/mol. The number of hydrogen-bond acceptors (Lipinski definition) is 4. The summed E-state index contributed by atoms with van der Waals surface area (Å²) < 4.78 is 6.97. The van der Waals surface area contributed by atoms with Crippen molar-refractivity contribution < 1.29 is 4.74 Å². The average Bonchev–Trinajstić information content (AvgIpc) is 3.05. The maximum Gasteiger partial charge on any atom is 0.230 e. The van der Waals surface area contributed by atoms with Gasteiger partial charge in [-0.05, 0) is 48.6 Å². The third-order valence-electron chi connectivity index (χ3n) is 7.11. The first-order chi connectivity index (χ1) is 15.5. The van der Waals surface area contributed by atoms with E-state index in [1.165, 1.54) is 11.1 Å². The van der Waals surface area contributed by atoms with Crippen LogP contribution >= 0.6 is 0 Å². The SMILES string of the molecule is CC(C1=Nc2c(ccc3ccncc23)OC12Nc1ccccc1C2(C)C)c1ccccc1. The van der Waals surface area contributed by atoms with E-state index >= 15 is 0 Å². The average molecular weight is 420 g/mol. The number of nitrogens with zero attached hydrogens (tertiary/aromatic N) is 2. The van der Waals surface area contributed by atoms with Crippen LogP contribution in [0.15, 0.2) is 90.2 Å². The lowest BCUT2D eigenvalue weighted by atomic mass is 9.71. The van der Waals surface area contributed by atoms with Gasteiger partial charge in [-0.3, -0.25) is 4.98 Å². The van der Waals surface area contributed by atoms with Crippen molar-refractivity contribution in [3.05, 3.63) is 96.3 Å². The smallest absolute Gasteiger partial charge is 0.230 e. The van der Waals surface area contributed by atoms with Crippen LogP contribution in [0.3, 0.4) is 0 Å². The summed E-state index contributed by atoms with van der Waals surface area (Å²) in [6, 6.07) is 25.1. The number of hydrogen-bond donors (Lipinski definition) is 1. The Morgan fingerprint density at radius 1 is 0.906 bits per heavy atom. The van der Waals surface area contributed by atoms with Gasteiger partial charge in [-0.1, -0.05) is 61.5 Å². The molecule has 2 atom stereocenters. The number of para-hydroxylation sites is 1. The molecule has 158 valence electrons. The molecule has 0 aliphatic carbocycles. The van der Waals surface area contributed by atoms with Crippen LogP contribution in [0.25, 0.3) is 10.8 Å². The summed E-state index contributed by atoms with van der Waals surface area (Å²) in [7, 11) is 0. The number of fused-ring (bicyclic) bond motifs is 4. The molecule has 3 aromatic carbocycles. The van der Waals surface area contributed by atoms with Gasteiger partial charge >= 0.3 is 0 Å². The first kappa shape index (κ1) is 19.1. The summed E-state index contributed by atoms with van der Waals surface area (Å²) in [6.45, 7) is 6.70. The molecule has 4 aromatic rings. The number of nitrogens with one attached hydrogen (secondary N) is 1. The molecule has 2 aliphatic heterocycles. The Labute approximate surface area is 188 Å². The molecule has 2 unspecified atom stereocenters. The van der Waals surface area contributed by atoms with Crippen molar-refractivity contribution in [2.45, 2.75) is 37.8 Å². The van der Waals surface area contributed by atoms with Crippen LogP contribution in [0.5, 0.6) is 5.75 Å². The van der Waals surface area contributed by atoms with Gasteiger partial charge in [-0.2, -0.15) is 0 Å². The lowest BCUT2D eigenvalue weighted by molar-refractivity contribution is 0.0984. The Bertz CT molecular complexity index is 1380. The van der Waals surface area contributed by atoms with Gasteiger partial charge < -0.3 is 10.1 Å². The summed E-state index contributed by atoms with van der Waals surface area (Å²) in [6.07, 6.45) is 3.70. The standard InChI is InChI=1S/C28H25N3O/c1-18(19-9-5-4-6-10-19)26-28(27(2,3)22-11-7-8-12-23(22)31-28)32-24-14-13-20-15-16-29-17-21(20)25(24)30-26/h4-18,31H,1-3H3.